The maximum atomic E-state index is 16.9. The van der Waals surface area contributed by atoms with Crippen LogP contribution in [0.1, 0.15) is 5.56 Å². The van der Waals surface area contributed by atoms with Crippen molar-refractivity contribution < 1.29 is 22.0 Å². The third-order valence-electron chi connectivity index (χ3n) is 11.9. The summed E-state index contributed by atoms with van der Waals surface area (Å²) < 4.78 is 84.4. The van der Waals surface area contributed by atoms with E-state index in [4.69, 9.17) is 0 Å². The fourth-order valence-corrected chi connectivity index (χ4v) is 9.05. The highest BCUT2D eigenvalue weighted by molar-refractivity contribution is 6.13. The van der Waals surface area contributed by atoms with Crippen LogP contribution in [0.2, 0.25) is 0 Å². The minimum atomic E-state index is -5.07. The van der Waals surface area contributed by atoms with Crippen LogP contribution in [-0.4, -0.2) is 49.0 Å². The predicted molar refractivity (Wildman–Crippen MR) is 250 cm³/mol. The van der Waals surface area contributed by atoms with Gasteiger partial charge >= 0.3 is 6.18 Å². The number of fused-ring (bicyclic) bond motifs is 6. The van der Waals surface area contributed by atoms with Gasteiger partial charge in [-0.15, -0.1) is 0 Å². The van der Waals surface area contributed by atoms with Gasteiger partial charge in [0.2, 0.25) is 0 Å². The first-order chi connectivity index (χ1) is 33.2. The Morgan fingerprint density at radius 2 is 0.603 bits per heavy atom. The van der Waals surface area contributed by atoms with Gasteiger partial charge in [-0.2, -0.15) is 13.2 Å². The molecule has 0 bridgehead atoms. The standard InChI is InChI=1S/C53H29F5N10/c54-36-21-34(22-37(55)29-36)35-27-46(67-42-23-30(49-59-13-1-14-60-49)5-9-38(42)39-10-6-31(24-43(39)67)50-61-15-2-16-62-50)48(53(56,57)58)47(28-35)68-44-25-32(51-63-17-3-18-64-51)7-11-40(44)41-12-8-33(26-45(41)68)52-65-19-4-20-66-52/h1-29H. The summed E-state index contributed by atoms with van der Waals surface area (Å²) in [4.78, 5) is 35.6. The second kappa shape index (κ2) is 15.8. The van der Waals surface area contributed by atoms with Gasteiger partial charge in [-0.1, -0.05) is 48.5 Å². The van der Waals surface area contributed by atoms with Crippen molar-refractivity contribution in [2.45, 2.75) is 6.18 Å². The van der Waals surface area contributed by atoms with Crippen LogP contribution in [0.25, 0.3) is 112 Å². The SMILES string of the molecule is Fc1cc(F)cc(-c2cc(-n3c4cc(-c5ncccn5)ccc4c4ccc(-c5ncccn5)cc43)c(C(F)(F)F)c(-n3c4cc(-c5ncccn5)ccc4c4ccc(-c5ncccn5)cc43)c2)c1. The molecule has 0 spiro atoms. The molecule has 12 rings (SSSR count). The molecule has 0 fully saturated rings. The lowest BCUT2D eigenvalue weighted by molar-refractivity contribution is -0.137. The van der Waals surface area contributed by atoms with E-state index in [1.54, 1.807) is 98.1 Å². The van der Waals surface area contributed by atoms with Crippen LogP contribution in [0.4, 0.5) is 22.0 Å². The number of aromatic nitrogens is 10. The molecule has 10 nitrogen and oxygen atoms in total. The fourth-order valence-electron chi connectivity index (χ4n) is 9.05. The van der Waals surface area contributed by atoms with Crippen LogP contribution >= 0.6 is 0 Å². The Labute approximate surface area is 381 Å². The molecule has 0 aliphatic heterocycles. The van der Waals surface area contributed by atoms with E-state index < -0.39 is 23.4 Å². The lowest BCUT2D eigenvalue weighted by Crippen LogP contribution is -2.16. The lowest BCUT2D eigenvalue weighted by Gasteiger charge is -2.23. The van der Waals surface area contributed by atoms with Crippen molar-refractivity contribution in [1.82, 2.24) is 49.0 Å². The molecule has 0 saturated heterocycles. The molecule has 0 unspecified atom stereocenters. The zero-order chi connectivity index (χ0) is 46.1. The van der Waals surface area contributed by atoms with Gasteiger partial charge in [-0.05, 0) is 83.9 Å². The normalized spacial score (nSPS) is 11.9. The van der Waals surface area contributed by atoms with Crippen molar-refractivity contribution >= 4 is 43.6 Å². The molecule has 0 N–H and O–H groups in total. The van der Waals surface area contributed by atoms with Crippen molar-refractivity contribution in [2.75, 3.05) is 0 Å². The van der Waals surface area contributed by atoms with Crippen molar-refractivity contribution in [2.24, 2.45) is 0 Å². The summed E-state index contributed by atoms with van der Waals surface area (Å²) >= 11 is 0. The third-order valence-corrected chi connectivity index (χ3v) is 11.9. The Balaban J connectivity index is 1.27. The zero-order valence-corrected chi connectivity index (χ0v) is 35.1. The lowest BCUT2D eigenvalue weighted by atomic mass is 9.98. The molecule has 6 aromatic carbocycles. The van der Waals surface area contributed by atoms with Gasteiger partial charge < -0.3 is 9.13 Å². The Morgan fingerprint density at radius 1 is 0.324 bits per heavy atom. The second-order valence-electron chi connectivity index (χ2n) is 15.9. The zero-order valence-electron chi connectivity index (χ0n) is 35.1. The van der Waals surface area contributed by atoms with Crippen LogP contribution in [-0.2, 0) is 6.18 Å². The van der Waals surface area contributed by atoms with Gasteiger partial charge in [0.1, 0.15) is 17.2 Å². The molecule has 0 saturated carbocycles. The Kier molecular flexibility index (Phi) is 9.39. The molecule has 0 atom stereocenters. The smallest absolute Gasteiger partial charge is 0.308 e. The quantitative estimate of drug-likeness (QED) is 0.145. The highest BCUT2D eigenvalue weighted by atomic mass is 19.4. The van der Waals surface area contributed by atoms with Gasteiger partial charge in [-0.25, -0.2) is 48.7 Å². The number of nitrogens with zero attached hydrogens (tertiary/aromatic N) is 10. The van der Waals surface area contributed by atoms with E-state index >= 15 is 22.0 Å². The van der Waals surface area contributed by atoms with Crippen LogP contribution in [0.3, 0.4) is 0 Å². The van der Waals surface area contributed by atoms with Gasteiger partial charge in [0.15, 0.2) is 23.3 Å². The number of alkyl halides is 3. The van der Waals surface area contributed by atoms with Crippen LogP contribution in [0, 0.1) is 11.6 Å². The van der Waals surface area contributed by atoms with E-state index in [9.17, 15) is 0 Å². The Hall–Kier alpha value is -9.11. The van der Waals surface area contributed by atoms with Crippen LogP contribution in [0.15, 0.2) is 177 Å². The molecular formula is C53H29F5N10. The topological polar surface area (TPSA) is 113 Å². The van der Waals surface area contributed by atoms with Crippen LogP contribution < -0.4 is 0 Å². The molecule has 326 valence electrons. The highest BCUT2D eigenvalue weighted by Crippen LogP contribution is 2.47. The summed E-state index contributed by atoms with van der Waals surface area (Å²) in [5.74, 6) is -0.397. The Bertz CT molecular complexity index is 3480. The average molecular weight is 901 g/mol. The molecule has 6 heterocycles. The summed E-state index contributed by atoms with van der Waals surface area (Å²) in [6.07, 6.45) is 7.60. The minimum Gasteiger partial charge on any atom is -0.308 e. The van der Waals surface area contributed by atoms with Crippen molar-refractivity contribution in [1.29, 1.82) is 0 Å². The molecule has 15 heteroatoms. The third kappa shape index (κ3) is 6.87. The second-order valence-corrected chi connectivity index (χ2v) is 15.9. The summed E-state index contributed by atoms with van der Waals surface area (Å²) in [5.41, 5.74) is 2.09. The van der Waals surface area contributed by atoms with Gasteiger partial charge in [0, 0.05) is 99.4 Å². The van der Waals surface area contributed by atoms with E-state index in [1.165, 1.54) is 21.3 Å². The van der Waals surface area contributed by atoms with Crippen LogP contribution in [0.5, 0.6) is 0 Å². The molecule has 0 aliphatic rings. The number of halogens is 5. The van der Waals surface area contributed by atoms with E-state index in [0.29, 0.717) is 89.2 Å². The van der Waals surface area contributed by atoms with E-state index in [1.807, 2.05) is 48.5 Å². The predicted octanol–water partition coefficient (Wildman–Crippen LogP) is 12.7. The number of hydrogen-bond donors (Lipinski definition) is 0. The first-order valence-electron chi connectivity index (χ1n) is 21.1. The molecule has 12 aromatic rings. The number of hydrogen-bond acceptors (Lipinski definition) is 8. The van der Waals surface area contributed by atoms with E-state index in [-0.39, 0.29) is 22.5 Å². The first kappa shape index (κ1) is 40.4. The summed E-state index contributed by atoms with van der Waals surface area (Å²) in [5, 5.41) is 2.48. The van der Waals surface area contributed by atoms with Gasteiger partial charge in [-0.3, -0.25) is 0 Å². The van der Waals surface area contributed by atoms with Gasteiger partial charge in [0.25, 0.3) is 0 Å². The number of rotatable bonds is 7. The summed E-state index contributed by atoms with van der Waals surface area (Å²) in [6, 6.07) is 33.8. The molecular weight excluding hydrogens is 872 g/mol. The van der Waals surface area contributed by atoms with Crippen molar-refractivity contribution in [3.05, 3.63) is 194 Å². The molecule has 0 aliphatic carbocycles. The molecule has 0 amide bonds. The Morgan fingerprint density at radius 3 is 0.882 bits per heavy atom. The monoisotopic (exact) mass is 900 g/mol. The summed E-state index contributed by atoms with van der Waals surface area (Å²) in [6.45, 7) is 0. The maximum absolute atomic E-state index is 16.9. The maximum Gasteiger partial charge on any atom is 0.420 e. The van der Waals surface area contributed by atoms with Gasteiger partial charge in [0.05, 0.1) is 33.4 Å². The van der Waals surface area contributed by atoms with Crippen molar-refractivity contribution in [3.63, 3.8) is 0 Å². The van der Waals surface area contributed by atoms with E-state index in [0.717, 1.165) is 18.2 Å². The average Bonchev–Trinajstić information content (AvgIpc) is 3.87. The first-order valence-corrected chi connectivity index (χ1v) is 21.1. The molecule has 6 aromatic heterocycles. The molecule has 0 radical (unpaired) electrons. The van der Waals surface area contributed by atoms with Crippen molar-refractivity contribution in [3.8, 4) is 68.1 Å². The summed E-state index contributed by atoms with van der Waals surface area (Å²) in [7, 11) is 0. The van der Waals surface area contributed by atoms with E-state index in [2.05, 4.69) is 39.9 Å². The fraction of sp³-hybridized carbons (Fsp3) is 0.0189. The largest absolute Gasteiger partial charge is 0.420 e. The minimum absolute atomic E-state index is 0.00811. The molecule has 68 heavy (non-hydrogen) atoms. The highest BCUT2D eigenvalue weighted by Gasteiger charge is 2.40. The number of benzene rings is 6.